The van der Waals surface area contributed by atoms with Crippen LogP contribution in [0, 0.1) is 35.3 Å². The van der Waals surface area contributed by atoms with Crippen molar-refractivity contribution in [2.75, 3.05) is 0 Å². The zero-order valence-electron chi connectivity index (χ0n) is 23.9. The van der Waals surface area contributed by atoms with Crippen LogP contribution >= 0.6 is 0 Å². The summed E-state index contributed by atoms with van der Waals surface area (Å²) in [6.07, 6.45) is 22.1. The number of fused-ring (bicyclic) bond motifs is 1. The number of allylic oxidation sites excluding steroid dienone is 5. The first kappa shape index (κ1) is 29.3. The number of ether oxygens (including phenoxy) is 1. The highest BCUT2D eigenvalue weighted by atomic mass is 19.2. The number of hydrogen-bond donors (Lipinski definition) is 0. The van der Waals surface area contributed by atoms with Crippen molar-refractivity contribution in [2.45, 2.75) is 91.1 Å². The number of rotatable bonds is 12. The summed E-state index contributed by atoms with van der Waals surface area (Å²) < 4.78 is 34.4. The van der Waals surface area contributed by atoms with E-state index in [1.54, 1.807) is 12.1 Å². The van der Waals surface area contributed by atoms with Crippen molar-refractivity contribution < 1.29 is 13.5 Å². The minimum absolute atomic E-state index is 0.0564. The zero-order valence-corrected chi connectivity index (χ0v) is 23.9. The third-order valence-electron chi connectivity index (χ3n) is 9.03. The first-order chi connectivity index (χ1) is 19.0. The lowest BCUT2D eigenvalue weighted by Crippen LogP contribution is -2.31. The molecule has 0 bridgehead atoms. The monoisotopic (exact) mass is 532 g/mol. The van der Waals surface area contributed by atoms with Gasteiger partial charge in [-0.3, -0.25) is 0 Å². The maximum atomic E-state index is 14.4. The lowest BCUT2D eigenvalue weighted by molar-refractivity contribution is 0.0957. The molecule has 0 radical (unpaired) electrons. The number of hydrogen-bond acceptors (Lipinski definition) is 1. The van der Waals surface area contributed by atoms with E-state index >= 15 is 0 Å². The summed E-state index contributed by atoms with van der Waals surface area (Å²) in [5.74, 6) is 1.95. The van der Waals surface area contributed by atoms with Crippen LogP contribution in [0.5, 0.6) is 5.75 Å². The van der Waals surface area contributed by atoms with Gasteiger partial charge < -0.3 is 4.74 Å². The Morgan fingerprint density at radius 1 is 0.949 bits per heavy atom. The first-order valence-electron chi connectivity index (χ1n) is 15.1. The Kier molecular flexibility index (Phi) is 11.0. The molecule has 2 saturated carbocycles. The number of halogens is 2. The molecule has 1 nitrogen and oxygen atoms in total. The molecule has 2 aliphatic carbocycles. The van der Waals surface area contributed by atoms with Gasteiger partial charge >= 0.3 is 0 Å². The van der Waals surface area contributed by atoms with Crippen LogP contribution in [0.15, 0.2) is 67.3 Å². The predicted octanol–water partition coefficient (Wildman–Crippen LogP) is 10.6. The Morgan fingerprint density at radius 2 is 1.67 bits per heavy atom. The molecule has 210 valence electrons. The Labute approximate surface area is 235 Å². The van der Waals surface area contributed by atoms with E-state index in [9.17, 15) is 8.78 Å². The number of aryl methyl sites for hydroxylation is 1. The van der Waals surface area contributed by atoms with Gasteiger partial charge in [-0.25, -0.2) is 4.39 Å². The molecular weight excluding hydrogens is 486 g/mol. The summed E-state index contributed by atoms with van der Waals surface area (Å²) >= 11 is 0. The molecule has 2 aliphatic rings. The zero-order chi connectivity index (χ0) is 27.6. The summed E-state index contributed by atoms with van der Waals surface area (Å²) in [6.45, 7) is 8.23. The van der Waals surface area contributed by atoms with Crippen LogP contribution in [0.2, 0.25) is 0 Å². The summed E-state index contributed by atoms with van der Waals surface area (Å²) in [5.41, 5.74) is 3.62. The largest absolute Gasteiger partial charge is 0.486 e. The van der Waals surface area contributed by atoms with E-state index in [4.69, 9.17) is 4.74 Å². The van der Waals surface area contributed by atoms with Crippen LogP contribution in [0.25, 0.3) is 5.57 Å². The lowest BCUT2D eigenvalue weighted by Gasteiger charge is -2.42. The standard InChI is InChI=1S/C36H46F2O/c1-4-7-11-31-21-22-34(36(38)35(31)37)39-25-28-15-17-30(18-16-28)29(6-3)12-8-10-27-14-20-32-23-26(9-5-2)13-19-33(32)24-27/h4,6,8,12,15-18,21-22,26-27,32-33H,1,5,7,9-11,13-14,19-20,23-25H2,2-3H3/b12-8-,29-6+. The van der Waals surface area contributed by atoms with Crippen molar-refractivity contribution in [2.24, 2.45) is 23.7 Å². The molecule has 0 saturated heterocycles. The molecule has 4 rings (SSSR count). The van der Waals surface area contributed by atoms with E-state index in [0.29, 0.717) is 18.4 Å². The number of benzene rings is 2. The maximum absolute atomic E-state index is 14.4. The SMILES string of the molecule is C=CCCc1ccc(OCc2ccc(C(/C=C\CC3CCC4CC(CCC)CCC4C3)=C/C)cc2)c(F)c1F. The van der Waals surface area contributed by atoms with E-state index in [1.165, 1.54) is 69.4 Å². The van der Waals surface area contributed by atoms with Crippen molar-refractivity contribution in [1.29, 1.82) is 0 Å². The summed E-state index contributed by atoms with van der Waals surface area (Å²) in [6, 6.07) is 11.2. The third-order valence-corrected chi connectivity index (χ3v) is 9.03. The molecule has 0 aliphatic heterocycles. The minimum Gasteiger partial charge on any atom is -0.486 e. The van der Waals surface area contributed by atoms with Crippen LogP contribution in [0.3, 0.4) is 0 Å². The topological polar surface area (TPSA) is 9.23 Å². The van der Waals surface area contributed by atoms with E-state index in [-0.39, 0.29) is 12.4 Å². The van der Waals surface area contributed by atoms with Gasteiger partial charge in [-0.1, -0.05) is 80.8 Å². The van der Waals surface area contributed by atoms with Gasteiger partial charge in [-0.15, -0.1) is 6.58 Å². The van der Waals surface area contributed by atoms with Crippen molar-refractivity contribution in [3.05, 3.63) is 95.6 Å². The fourth-order valence-corrected chi connectivity index (χ4v) is 6.80. The molecule has 2 fully saturated rings. The van der Waals surface area contributed by atoms with Crippen LogP contribution in [0.1, 0.15) is 94.7 Å². The molecule has 4 unspecified atom stereocenters. The minimum atomic E-state index is -0.924. The van der Waals surface area contributed by atoms with Gasteiger partial charge in [-0.2, -0.15) is 4.39 Å². The average Bonchev–Trinajstić information content (AvgIpc) is 2.96. The fraction of sp³-hybridized carbons (Fsp3) is 0.500. The molecule has 0 N–H and O–H groups in total. The highest BCUT2D eigenvalue weighted by molar-refractivity contribution is 5.73. The van der Waals surface area contributed by atoms with Gasteiger partial charge in [0.25, 0.3) is 0 Å². The lowest BCUT2D eigenvalue weighted by atomic mass is 9.64. The molecule has 3 heteroatoms. The van der Waals surface area contributed by atoms with E-state index in [1.807, 2.05) is 12.1 Å². The highest BCUT2D eigenvalue weighted by Gasteiger charge is 2.34. The summed E-state index contributed by atoms with van der Waals surface area (Å²) in [4.78, 5) is 0. The Bertz CT molecular complexity index is 1130. The maximum Gasteiger partial charge on any atom is 0.200 e. The Balaban J connectivity index is 1.26. The second kappa shape index (κ2) is 14.6. The van der Waals surface area contributed by atoms with Gasteiger partial charge in [0, 0.05) is 0 Å². The molecule has 0 amide bonds. The van der Waals surface area contributed by atoms with Crippen molar-refractivity contribution in [1.82, 2.24) is 0 Å². The Hall–Kier alpha value is -2.68. The molecule has 39 heavy (non-hydrogen) atoms. The second-order valence-electron chi connectivity index (χ2n) is 11.7. The van der Waals surface area contributed by atoms with Gasteiger partial charge in [0.15, 0.2) is 11.6 Å². The predicted molar refractivity (Wildman–Crippen MR) is 160 cm³/mol. The van der Waals surface area contributed by atoms with E-state index < -0.39 is 11.6 Å². The Morgan fingerprint density at radius 3 is 2.36 bits per heavy atom. The van der Waals surface area contributed by atoms with Gasteiger partial charge in [0.2, 0.25) is 5.82 Å². The second-order valence-corrected chi connectivity index (χ2v) is 11.7. The van der Waals surface area contributed by atoms with Crippen molar-refractivity contribution >= 4 is 5.57 Å². The van der Waals surface area contributed by atoms with Gasteiger partial charge in [0.1, 0.15) is 6.61 Å². The first-order valence-corrected chi connectivity index (χ1v) is 15.1. The molecule has 0 spiro atoms. The van der Waals surface area contributed by atoms with Crippen LogP contribution < -0.4 is 4.74 Å². The van der Waals surface area contributed by atoms with Crippen LogP contribution in [-0.4, -0.2) is 0 Å². The normalized spacial score (nSPS) is 23.5. The fourth-order valence-electron chi connectivity index (χ4n) is 6.80. The van der Waals surface area contributed by atoms with E-state index in [0.717, 1.165) is 34.8 Å². The molecule has 0 heterocycles. The molecule has 2 aromatic rings. The average molecular weight is 533 g/mol. The van der Waals surface area contributed by atoms with Crippen molar-refractivity contribution in [3.63, 3.8) is 0 Å². The highest BCUT2D eigenvalue weighted by Crippen LogP contribution is 2.46. The quantitative estimate of drug-likeness (QED) is 0.195. The van der Waals surface area contributed by atoms with E-state index in [2.05, 4.69) is 50.8 Å². The van der Waals surface area contributed by atoms with Crippen molar-refractivity contribution in [3.8, 4) is 5.75 Å². The molecular formula is C36H46F2O. The summed E-state index contributed by atoms with van der Waals surface area (Å²) in [5, 5.41) is 0. The van der Waals surface area contributed by atoms with Crippen LogP contribution in [-0.2, 0) is 13.0 Å². The third kappa shape index (κ3) is 7.93. The van der Waals surface area contributed by atoms with Gasteiger partial charge in [0.05, 0.1) is 0 Å². The smallest absolute Gasteiger partial charge is 0.200 e. The van der Waals surface area contributed by atoms with Gasteiger partial charge in [-0.05, 0) is 110 Å². The molecule has 2 aromatic carbocycles. The van der Waals surface area contributed by atoms with Crippen LogP contribution in [0.4, 0.5) is 8.78 Å². The molecule has 4 atom stereocenters. The molecule has 0 aromatic heterocycles. The summed E-state index contributed by atoms with van der Waals surface area (Å²) in [7, 11) is 0.